The summed E-state index contributed by atoms with van der Waals surface area (Å²) >= 11 is 0. The van der Waals surface area contributed by atoms with Crippen LogP contribution in [0.2, 0.25) is 0 Å². The Balaban J connectivity index is 2.92. The Labute approximate surface area is 68.0 Å². The van der Waals surface area contributed by atoms with Crippen LogP contribution in [0.4, 0.5) is 11.8 Å². The molecule has 5 N–H and O–H groups in total. The molecular weight excluding hydrogens is 156 g/mol. The van der Waals surface area contributed by atoms with Crippen LogP contribution < -0.4 is 11.5 Å². The maximum absolute atomic E-state index is 5.53. The summed E-state index contributed by atoms with van der Waals surface area (Å²) in [6.07, 6.45) is 0. The van der Waals surface area contributed by atoms with E-state index in [1.165, 1.54) is 0 Å². The number of H-pyrrole nitrogens is 1. The van der Waals surface area contributed by atoms with Gasteiger partial charge in [0.15, 0.2) is 5.82 Å². The summed E-state index contributed by atoms with van der Waals surface area (Å²) < 4.78 is 0. The number of aromatic nitrogens is 4. The molecule has 0 saturated heterocycles. The molecule has 0 spiro atoms. The first-order valence-corrected chi connectivity index (χ1v) is 3.42. The molecule has 2 rings (SSSR count). The van der Waals surface area contributed by atoms with Crippen molar-refractivity contribution in [3.05, 3.63) is 5.69 Å². The van der Waals surface area contributed by atoms with Gasteiger partial charge < -0.3 is 11.5 Å². The normalized spacial score (nSPS) is 10.8. The number of aryl methyl sites for hydroxylation is 1. The van der Waals surface area contributed by atoms with E-state index in [2.05, 4.69) is 20.2 Å². The van der Waals surface area contributed by atoms with Gasteiger partial charge in [-0.3, -0.25) is 5.10 Å². The Morgan fingerprint density at radius 3 is 2.75 bits per heavy atom. The molecule has 6 heteroatoms. The van der Waals surface area contributed by atoms with Gasteiger partial charge in [0.25, 0.3) is 0 Å². The van der Waals surface area contributed by atoms with Crippen LogP contribution in [-0.2, 0) is 0 Å². The smallest absolute Gasteiger partial charge is 0.221 e. The zero-order chi connectivity index (χ0) is 8.72. The Hall–Kier alpha value is -1.85. The molecule has 0 fully saturated rings. The van der Waals surface area contributed by atoms with Crippen molar-refractivity contribution >= 4 is 22.8 Å². The standard InChI is InChI=1S/C6H8N6/c1-2-3-4(5(7)12-11-3)10-6(8)9-2/h1H3,(H3,7,11,12)(H2,8,9,10). The molecule has 6 nitrogen and oxygen atoms in total. The van der Waals surface area contributed by atoms with Gasteiger partial charge in [-0.1, -0.05) is 0 Å². The third-order valence-corrected chi connectivity index (χ3v) is 1.64. The molecule has 2 heterocycles. The van der Waals surface area contributed by atoms with E-state index < -0.39 is 0 Å². The van der Waals surface area contributed by atoms with Crippen LogP contribution in [0.5, 0.6) is 0 Å². The topological polar surface area (TPSA) is 106 Å². The Morgan fingerprint density at radius 1 is 1.25 bits per heavy atom. The molecule has 0 bridgehead atoms. The summed E-state index contributed by atoms with van der Waals surface area (Å²) in [5.41, 5.74) is 13.0. The Kier molecular flexibility index (Phi) is 1.18. The summed E-state index contributed by atoms with van der Waals surface area (Å²) in [6, 6.07) is 0. The van der Waals surface area contributed by atoms with Crippen LogP contribution in [0.3, 0.4) is 0 Å². The predicted octanol–water partition coefficient (Wildman–Crippen LogP) is -0.174. The molecule has 0 unspecified atom stereocenters. The lowest BCUT2D eigenvalue weighted by Crippen LogP contribution is -1.97. The second-order valence-electron chi connectivity index (χ2n) is 2.50. The summed E-state index contributed by atoms with van der Waals surface area (Å²) in [5.74, 6) is 0.565. The van der Waals surface area contributed by atoms with E-state index in [9.17, 15) is 0 Å². The van der Waals surface area contributed by atoms with Gasteiger partial charge >= 0.3 is 0 Å². The highest BCUT2D eigenvalue weighted by Crippen LogP contribution is 2.17. The van der Waals surface area contributed by atoms with Gasteiger partial charge in [0.2, 0.25) is 5.95 Å². The minimum absolute atomic E-state index is 0.216. The van der Waals surface area contributed by atoms with Gasteiger partial charge in [0, 0.05) is 0 Å². The summed E-state index contributed by atoms with van der Waals surface area (Å²) in [6.45, 7) is 1.82. The molecule has 2 aromatic rings. The second kappa shape index (κ2) is 2.07. The molecule has 0 amide bonds. The zero-order valence-corrected chi connectivity index (χ0v) is 6.50. The largest absolute Gasteiger partial charge is 0.380 e. The van der Waals surface area contributed by atoms with Crippen molar-refractivity contribution in [1.82, 2.24) is 20.2 Å². The van der Waals surface area contributed by atoms with Crippen molar-refractivity contribution in [2.45, 2.75) is 6.92 Å². The van der Waals surface area contributed by atoms with Crippen LogP contribution in [-0.4, -0.2) is 20.2 Å². The average molecular weight is 164 g/mol. The zero-order valence-electron chi connectivity index (χ0n) is 6.50. The highest BCUT2D eigenvalue weighted by Gasteiger charge is 2.07. The Bertz CT molecular complexity index is 431. The predicted molar refractivity (Wildman–Crippen MR) is 45.2 cm³/mol. The van der Waals surface area contributed by atoms with E-state index in [0.29, 0.717) is 11.3 Å². The number of nitrogens with two attached hydrogens (primary N) is 2. The number of rotatable bonds is 0. The van der Waals surface area contributed by atoms with E-state index in [0.717, 1.165) is 11.2 Å². The van der Waals surface area contributed by atoms with Crippen LogP contribution in [0, 0.1) is 6.92 Å². The molecule has 0 aliphatic carbocycles. The molecule has 0 atom stereocenters. The van der Waals surface area contributed by atoms with Gasteiger partial charge in [0.05, 0.1) is 5.69 Å². The van der Waals surface area contributed by atoms with Crippen LogP contribution in [0.1, 0.15) is 5.69 Å². The molecule has 0 saturated carbocycles. The molecule has 0 aliphatic heterocycles. The molecule has 0 aromatic carbocycles. The van der Waals surface area contributed by atoms with E-state index in [1.807, 2.05) is 6.92 Å². The maximum Gasteiger partial charge on any atom is 0.221 e. The molecule has 0 aliphatic rings. The van der Waals surface area contributed by atoms with Crippen molar-refractivity contribution in [1.29, 1.82) is 0 Å². The van der Waals surface area contributed by atoms with Crippen molar-refractivity contribution in [2.24, 2.45) is 0 Å². The summed E-state index contributed by atoms with van der Waals surface area (Å²) in [5, 5.41) is 6.52. The van der Waals surface area contributed by atoms with Gasteiger partial charge in [-0.2, -0.15) is 5.10 Å². The van der Waals surface area contributed by atoms with Gasteiger partial charge in [-0.05, 0) is 6.92 Å². The summed E-state index contributed by atoms with van der Waals surface area (Å²) in [4.78, 5) is 7.90. The minimum Gasteiger partial charge on any atom is -0.380 e. The number of fused-ring (bicyclic) bond motifs is 1. The molecule has 12 heavy (non-hydrogen) atoms. The summed E-state index contributed by atoms with van der Waals surface area (Å²) in [7, 11) is 0. The van der Waals surface area contributed by atoms with E-state index in [-0.39, 0.29) is 5.95 Å². The van der Waals surface area contributed by atoms with Gasteiger partial charge in [0.1, 0.15) is 11.0 Å². The SMILES string of the molecule is Cc1nc(N)nc2c(N)n[nH]c12. The number of nitrogen functional groups attached to an aromatic ring is 2. The number of hydrogen-bond donors (Lipinski definition) is 3. The lowest BCUT2D eigenvalue weighted by atomic mass is 10.3. The van der Waals surface area contributed by atoms with Gasteiger partial charge in [-0.25, -0.2) is 9.97 Å². The Morgan fingerprint density at radius 2 is 2.00 bits per heavy atom. The van der Waals surface area contributed by atoms with E-state index in [1.54, 1.807) is 0 Å². The third kappa shape index (κ3) is 0.777. The van der Waals surface area contributed by atoms with Crippen LogP contribution in [0.25, 0.3) is 11.0 Å². The van der Waals surface area contributed by atoms with Crippen LogP contribution >= 0.6 is 0 Å². The second-order valence-corrected chi connectivity index (χ2v) is 2.50. The quantitative estimate of drug-likeness (QED) is 0.501. The van der Waals surface area contributed by atoms with Crippen molar-refractivity contribution < 1.29 is 0 Å². The monoisotopic (exact) mass is 164 g/mol. The van der Waals surface area contributed by atoms with Crippen molar-refractivity contribution in [3.63, 3.8) is 0 Å². The molecule has 0 radical (unpaired) electrons. The first-order chi connectivity index (χ1) is 5.68. The van der Waals surface area contributed by atoms with Crippen molar-refractivity contribution in [2.75, 3.05) is 11.5 Å². The number of nitrogens with zero attached hydrogens (tertiary/aromatic N) is 3. The maximum atomic E-state index is 5.53. The highest BCUT2D eigenvalue weighted by molar-refractivity contribution is 5.86. The third-order valence-electron chi connectivity index (χ3n) is 1.64. The fourth-order valence-corrected chi connectivity index (χ4v) is 1.08. The van der Waals surface area contributed by atoms with Crippen LogP contribution in [0.15, 0.2) is 0 Å². The number of hydrogen-bond acceptors (Lipinski definition) is 5. The number of aromatic amines is 1. The lowest BCUT2D eigenvalue weighted by Gasteiger charge is -1.95. The lowest BCUT2D eigenvalue weighted by molar-refractivity contribution is 1.10. The molecular formula is C6H8N6. The average Bonchev–Trinajstić information content (AvgIpc) is 2.33. The fourth-order valence-electron chi connectivity index (χ4n) is 1.08. The minimum atomic E-state index is 0.216. The number of nitrogens with one attached hydrogen (secondary N) is 1. The van der Waals surface area contributed by atoms with E-state index in [4.69, 9.17) is 11.5 Å². The molecule has 62 valence electrons. The first kappa shape index (κ1) is 6.84. The van der Waals surface area contributed by atoms with Gasteiger partial charge in [-0.15, -0.1) is 0 Å². The highest BCUT2D eigenvalue weighted by atomic mass is 15.2. The fraction of sp³-hybridized carbons (Fsp3) is 0.167. The number of anilines is 2. The van der Waals surface area contributed by atoms with Crippen molar-refractivity contribution in [3.8, 4) is 0 Å². The van der Waals surface area contributed by atoms with E-state index >= 15 is 0 Å². The first-order valence-electron chi connectivity index (χ1n) is 3.42. The molecule has 2 aromatic heterocycles.